The van der Waals surface area contributed by atoms with Gasteiger partial charge in [0.15, 0.2) is 0 Å². The zero-order valence-corrected chi connectivity index (χ0v) is 8.54. The summed E-state index contributed by atoms with van der Waals surface area (Å²) in [6.07, 6.45) is 12.5. The molecule has 0 amide bonds. The molecule has 0 bridgehead atoms. The number of hydrogen-bond donors (Lipinski definition) is 0. The van der Waals surface area contributed by atoms with Crippen molar-refractivity contribution < 1.29 is 0 Å². The third-order valence-electron chi connectivity index (χ3n) is 3.34. The molecule has 2 saturated carbocycles. The first kappa shape index (κ1) is 8.05. The lowest BCUT2D eigenvalue weighted by Crippen LogP contribution is -2.00. The quantitative estimate of drug-likeness (QED) is 0.559. The van der Waals surface area contributed by atoms with Gasteiger partial charge in [0.25, 0.3) is 0 Å². The molecule has 2 aliphatic rings. The molecule has 0 aliphatic heterocycles. The second kappa shape index (κ2) is 3.90. The van der Waals surface area contributed by atoms with E-state index in [1.165, 1.54) is 11.3 Å². The van der Waals surface area contributed by atoms with E-state index in [0.29, 0.717) is 0 Å². The SMILES string of the molecule is C1CCC([PH2+]C2CCCC2)C1. The van der Waals surface area contributed by atoms with Crippen LogP contribution in [0.2, 0.25) is 0 Å². The van der Waals surface area contributed by atoms with Crippen molar-refractivity contribution in [1.29, 1.82) is 0 Å². The van der Waals surface area contributed by atoms with Gasteiger partial charge in [-0.25, -0.2) is 0 Å². The first-order chi connectivity index (χ1) is 5.45. The number of rotatable bonds is 2. The van der Waals surface area contributed by atoms with E-state index in [0.717, 1.165) is 8.58 Å². The van der Waals surface area contributed by atoms with Gasteiger partial charge in [0, 0.05) is 0 Å². The summed E-state index contributed by atoms with van der Waals surface area (Å²) < 4.78 is 0. The maximum atomic E-state index is 1.59. The van der Waals surface area contributed by atoms with E-state index in [1.807, 2.05) is 0 Å². The molecular formula is C10H20P+. The molecule has 0 atom stereocenters. The molecule has 0 aromatic carbocycles. The van der Waals surface area contributed by atoms with Gasteiger partial charge in [-0.15, -0.1) is 0 Å². The molecule has 0 aromatic rings. The van der Waals surface area contributed by atoms with Gasteiger partial charge in [-0.3, -0.25) is 0 Å². The van der Waals surface area contributed by atoms with E-state index in [4.69, 9.17) is 0 Å². The molecule has 0 radical (unpaired) electrons. The fourth-order valence-electron chi connectivity index (χ4n) is 2.68. The molecular weight excluding hydrogens is 151 g/mol. The Hall–Kier alpha value is 0.430. The minimum Gasteiger partial charge on any atom is -0.0494 e. The molecule has 0 N–H and O–H groups in total. The predicted octanol–water partition coefficient (Wildman–Crippen LogP) is 3.28. The van der Waals surface area contributed by atoms with Crippen molar-refractivity contribution in [2.75, 3.05) is 0 Å². The van der Waals surface area contributed by atoms with Gasteiger partial charge in [-0.2, -0.15) is 0 Å². The van der Waals surface area contributed by atoms with E-state index in [2.05, 4.69) is 0 Å². The second-order valence-corrected chi connectivity index (χ2v) is 6.55. The zero-order valence-electron chi connectivity index (χ0n) is 7.39. The Balaban J connectivity index is 1.71. The fourth-order valence-corrected chi connectivity index (χ4v) is 5.17. The van der Waals surface area contributed by atoms with Crippen LogP contribution in [0.5, 0.6) is 0 Å². The summed E-state index contributed by atoms with van der Waals surface area (Å²) in [5.41, 5.74) is 2.44. The smallest absolute Gasteiger partial charge is 0.0494 e. The maximum absolute atomic E-state index is 1.59. The first-order valence-electron chi connectivity index (χ1n) is 5.30. The summed E-state index contributed by atoms with van der Waals surface area (Å²) in [7, 11) is 0.852. The van der Waals surface area contributed by atoms with Crippen molar-refractivity contribution in [1.82, 2.24) is 0 Å². The van der Waals surface area contributed by atoms with Crippen LogP contribution in [0.15, 0.2) is 0 Å². The van der Waals surface area contributed by atoms with Crippen molar-refractivity contribution in [3.8, 4) is 0 Å². The van der Waals surface area contributed by atoms with Crippen LogP contribution in [0, 0.1) is 0 Å². The highest BCUT2D eigenvalue weighted by atomic mass is 31.1. The van der Waals surface area contributed by atoms with E-state index < -0.39 is 0 Å². The van der Waals surface area contributed by atoms with Crippen molar-refractivity contribution >= 4 is 8.58 Å². The molecule has 0 unspecified atom stereocenters. The third-order valence-corrected chi connectivity index (χ3v) is 5.77. The van der Waals surface area contributed by atoms with E-state index >= 15 is 0 Å². The third kappa shape index (κ3) is 2.18. The minimum atomic E-state index is 0.852. The lowest BCUT2D eigenvalue weighted by Gasteiger charge is -2.07. The van der Waals surface area contributed by atoms with Crippen LogP contribution in [0.4, 0.5) is 0 Å². The van der Waals surface area contributed by atoms with Crippen LogP contribution in [0.1, 0.15) is 51.4 Å². The summed E-state index contributed by atoms with van der Waals surface area (Å²) in [5, 5.41) is 0. The first-order valence-corrected chi connectivity index (χ1v) is 6.63. The lowest BCUT2D eigenvalue weighted by molar-refractivity contribution is 0.844. The normalized spacial score (nSPS) is 28.4. The van der Waals surface area contributed by atoms with Crippen LogP contribution >= 0.6 is 8.58 Å². The summed E-state index contributed by atoms with van der Waals surface area (Å²) >= 11 is 0. The zero-order chi connectivity index (χ0) is 7.52. The largest absolute Gasteiger partial charge is 0.0655 e. The molecule has 2 aliphatic carbocycles. The van der Waals surface area contributed by atoms with Gasteiger partial charge in [-0.05, 0) is 59.9 Å². The standard InChI is InChI=1S/C10H19P/c1-2-6-9(5-1)11-10-7-3-4-8-10/h9-11H,1-8H2/p+1. The highest BCUT2D eigenvalue weighted by molar-refractivity contribution is 7.39. The fraction of sp³-hybridized carbons (Fsp3) is 1.00. The molecule has 2 fully saturated rings. The molecule has 1 heteroatoms. The Bertz CT molecular complexity index is 96.0. The topological polar surface area (TPSA) is 0 Å². The van der Waals surface area contributed by atoms with Crippen LogP contribution < -0.4 is 0 Å². The van der Waals surface area contributed by atoms with Crippen LogP contribution in [-0.4, -0.2) is 11.3 Å². The molecule has 11 heavy (non-hydrogen) atoms. The number of hydrogen-bond acceptors (Lipinski definition) is 0. The van der Waals surface area contributed by atoms with E-state index in [1.54, 1.807) is 51.4 Å². The second-order valence-electron chi connectivity index (χ2n) is 4.28. The van der Waals surface area contributed by atoms with Gasteiger partial charge in [0.2, 0.25) is 0 Å². The molecule has 2 rings (SSSR count). The summed E-state index contributed by atoms with van der Waals surface area (Å²) in [5.74, 6) is 0. The Kier molecular flexibility index (Phi) is 2.85. The van der Waals surface area contributed by atoms with Crippen LogP contribution in [0.3, 0.4) is 0 Å². The van der Waals surface area contributed by atoms with Gasteiger partial charge in [0.05, 0.1) is 11.3 Å². The molecule has 0 saturated heterocycles. The highest BCUT2D eigenvalue weighted by Gasteiger charge is 2.27. The average Bonchev–Trinajstić information content (AvgIpc) is 2.60. The molecule has 64 valence electrons. The lowest BCUT2D eigenvalue weighted by atomic mass is 10.4. The summed E-state index contributed by atoms with van der Waals surface area (Å²) in [6, 6.07) is 0. The Morgan fingerprint density at radius 1 is 0.636 bits per heavy atom. The van der Waals surface area contributed by atoms with Gasteiger partial charge < -0.3 is 0 Å². The monoisotopic (exact) mass is 171 g/mol. The van der Waals surface area contributed by atoms with Crippen LogP contribution in [0.25, 0.3) is 0 Å². The molecule has 0 spiro atoms. The Morgan fingerprint density at radius 2 is 1.00 bits per heavy atom. The predicted molar refractivity (Wildman–Crippen MR) is 54.2 cm³/mol. The van der Waals surface area contributed by atoms with Gasteiger partial charge >= 0.3 is 0 Å². The summed E-state index contributed by atoms with van der Waals surface area (Å²) in [6.45, 7) is 0. The van der Waals surface area contributed by atoms with Crippen molar-refractivity contribution in [3.05, 3.63) is 0 Å². The minimum absolute atomic E-state index is 0.852. The van der Waals surface area contributed by atoms with Crippen LogP contribution in [-0.2, 0) is 0 Å². The van der Waals surface area contributed by atoms with Crippen molar-refractivity contribution in [2.45, 2.75) is 62.7 Å². The average molecular weight is 171 g/mol. The van der Waals surface area contributed by atoms with Crippen molar-refractivity contribution in [2.24, 2.45) is 0 Å². The molecule has 0 heterocycles. The summed E-state index contributed by atoms with van der Waals surface area (Å²) in [4.78, 5) is 0. The maximum Gasteiger partial charge on any atom is 0.0655 e. The van der Waals surface area contributed by atoms with Crippen molar-refractivity contribution in [3.63, 3.8) is 0 Å². The van der Waals surface area contributed by atoms with Gasteiger partial charge in [0.1, 0.15) is 0 Å². The Morgan fingerprint density at radius 3 is 1.36 bits per heavy atom. The van der Waals surface area contributed by atoms with E-state index in [-0.39, 0.29) is 0 Å². The molecule has 0 aromatic heterocycles. The van der Waals surface area contributed by atoms with Gasteiger partial charge in [-0.1, -0.05) is 0 Å². The highest BCUT2D eigenvalue weighted by Crippen LogP contribution is 2.43. The Labute approximate surface area is 71.9 Å². The molecule has 0 nitrogen and oxygen atoms in total. The van der Waals surface area contributed by atoms with E-state index in [9.17, 15) is 0 Å².